The highest BCUT2D eigenvalue weighted by molar-refractivity contribution is 4.94. The number of aromatic nitrogens is 2. The van der Waals surface area contributed by atoms with E-state index in [1.54, 1.807) is 0 Å². The molecule has 0 saturated carbocycles. The minimum atomic E-state index is -4.58. The molecule has 1 atom stereocenters. The van der Waals surface area contributed by atoms with Crippen molar-refractivity contribution in [3.8, 4) is 0 Å². The third-order valence-electron chi connectivity index (χ3n) is 1.61. The summed E-state index contributed by atoms with van der Waals surface area (Å²) < 4.78 is 40.5. The molecule has 80 valence electrons. The molecule has 0 spiro atoms. The molecule has 0 saturated heterocycles. The highest BCUT2D eigenvalue weighted by Gasteiger charge is 2.37. The molecule has 2 N–H and O–H groups in total. The first-order valence-electron chi connectivity index (χ1n) is 4.11. The molecule has 1 aromatic rings. The standard InChI is InChI=1S/C7H10F3N3O/c1-2-3-4(11)5-12-6(13-14-5)7(8,9)10/h4H,2-3,11H2,1H3/t4-/m1/s1. The van der Waals surface area contributed by atoms with E-state index in [9.17, 15) is 13.2 Å². The molecular formula is C7H10F3N3O. The van der Waals surface area contributed by atoms with Gasteiger partial charge in [0.05, 0.1) is 6.04 Å². The van der Waals surface area contributed by atoms with Crippen LogP contribution >= 0.6 is 0 Å². The Balaban J connectivity index is 2.78. The molecule has 0 radical (unpaired) electrons. The fraction of sp³-hybridized carbons (Fsp3) is 0.714. The van der Waals surface area contributed by atoms with Crippen LogP contribution in [0, 0.1) is 0 Å². The number of rotatable bonds is 3. The zero-order valence-electron chi connectivity index (χ0n) is 7.51. The van der Waals surface area contributed by atoms with Crippen LogP contribution < -0.4 is 5.73 Å². The van der Waals surface area contributed by atoms with E-state index in [1.807, 2.05) is 6.92 Å². The molecule has 0 aliphatic rings. The Morgan fingerprint density at radius 2 is 2.14 bits per heavy atom. The molecule has 0 aliphatic heterocycles. The molecule has 4 nitrogen and oxygen atoms in total. The zero-order valence-corrected chi connectivity index (χ0v) is 7.51. The van der Waals surface area contributed by atoms with Crippen molar-refractivity contribution in [2.75, 3.05) is 0 Å². The van der Waals surface area contributed by atoms with Gasteiger partial charge in [0.25, 0.3) is 5.82 Å². The van der Waals surface area contributed by atoms with Crippen LogP contribution in [0.3, 0.4) is 0 Å². The summed E-state index contributed by atoms with van der Waals surface area (Å²) in [5.41, 5.74) is 5.50. The van der Waals surface area contributed by atoms with Crippen molar-refractivity contribution in [2.24, 2.45) is 5.73 Å². The second kappa shape index (κ2) is 3.95. The maximum absolute atomic E-state index is 12.0. The van der Waals surface area contributed by atoms with Crippen LogP contribution in [0.5, 0.6) is 0 Å². The molecule has 14 heavy (non-hydrogen) atoms. The van der Waals surface area contributed by atoms with Crippen molar-refractivity contribution in [3.63, 3.8) is 0 Å². The Hall–Kier alpha value is -1.11. The van der Waals surface area contributed by atoms with Crippen LogP contribution in [0.25, 0.3) is 0 Å². The summed E-state index contributed by atoms with van der Waals surface area (Å²) in [4.78, 5) is 3.17. The average Bonchev–Trinajstić information content (AvgIpc) is 2.51. The molecule has 0 amide bonds. The first-order valence-corrected chi connectivity index (χ1v) is 4.11. The highest BCUT2D eigenvalue weighted by atomic mass is 19.4. The molecule has 0 aliphatic carbocycles. The predicted octanol–water partition coefficient (Wildman–Crippen LogP) is 1.89. The van der Waals surface area contributed by atoms with Gasteiger partial charge in [-0.2, -0.15) is 18.2 Å². The van der Waals surface area contributed by atoms with Crippen molar-refractivity contribution in [2.45, 2.75) is 32.0 Å². The Morgan fingerprint density at radius 1 is 1.50 bits per heavy atom. The molecule has 1 heterocycles. The van der Waals surface area contributed by atoms with Crippen LogP contribution in [0.4, 0.5) is 13.2 Å². The van der Waals surface area contributed by atoms with E-state index in [4.69, 9.17) is 5.73 Å². The summed E-state index contributed by atoms with van der Waals surface area (Å²) in [5.74, 6) is -1.45. The lowest BCUT2D eigenvalue weighted by Crippen LogP contribution is -2.12. The average molecular weight is 209 g/mol. The summed E-state index contributed by atoms with van der Waals surface area (Å²) >= 11 is 0. The fourth-order valence-electron chi connectivity index (χ4n) is 0.935. The maximum Gasteiger partial charge on any atom is 0.455 e. The van der Waals surface area contributed by atoms with Gasteiger partial charge in [0.1, 0.15) is 0 Å². The lowest BCUT2D eigenvalue weighted by Gasteiger charge is -2.02. The van der Waals surface area contributed by atoms with Crippen LogP contribution in [-0.2, 0) is 6.18 Å². The first kappa shape index (κ1) is 11.0. The maximum atomic E-state index is 12.0. The summed E-state index contributed by atoms with van der Waals surface area (Å²) in [6.45, 7) is 1.86. The highest BCUT2D eigenvalue weighted by Crippen LogP contribution is 2.27. The molecule has 0 fully saturated rings. The van der Waals surface area contributed by atoms with Gasteiger partial charge < -0.3 is 10.3 Å². The number of hydrogen-bond donors (Lipinski definition) is 1. The lowest BCUT2D eigenvalue weighted by atomic mass is 10.2. The van der Waals surface area contributed by atoms with Gasteiger partial charge in [-0.1, -0.05) is 18.5 Å². The minimum absolute atomic E-state index is 0.167. The van der Waals surface area contributed by atoms with Crippen LogP contribution in [0.2, 0.25) is 0 Å². The Labute approximate surface area is 78.3 Å². The van der Waals surface area contributed by atoms with Gasteiger partial charge in [-0.15, -0.1) is 0 Å². The SMILES string of the molecule is CCC[C@@H](N)c1nc(C(F)(F)F)no1. The van der Waals surface area contributed by atoms with Gasteiger partial charge in [0, 0.05) is 0 Å². The summed E-state index contributed by atoms with van der Waals surface area (Å²) in [6, 6.07) is -0.622. The fourth-order valence-corrected chi connectivity index (χ4v) is 0.935. The third-order valence-corrected chi connectivity index (χ3v) is 1.61. The summed E-state index contributed by atoms with van der Waals surface area (Å²) in [6.07, 6.45) is -3.32. The van der Waals surface area contributed by atoms with E-state index >= 15 is 0 Å². The summed E-state index contributed by atoms with van der Waals surface area (Å²) in [5, 5.41) is 2.80. The van der Waals surface area contributed by atoms with E-state index in [0.717, 1.165) is 6.42 Å². The number of nitrogens with two attached hydrogens (primary N) is 1. The molecule has 1 rings (SSSR count). The largest absolute Gasteiger partial charge is 0.455 e. The Morgan fingerprint density at radius 3 is 2.57 bits per heavy atom. The zero-order chi connectivity index (χ0) is 10.8. The smallest absolute Gasteiger partial charge is 0.337 e. The van der Waals surface area contributed by atoms with Crippen molar-refractivity contribution < 1.29 is 17.7 Å². The van der Waals surface area contributed by atoms with Crippen molar-refractivity contribution in [3.05, 3.63) is 11.7 Å². The quantitative estimate of drug-likeness (QED) is 0.825. The second-order valence-electron chi connectivity index (χ2n) is 2.85. The van der Waals surface area contributed by atoms with Gasteiger partial charge in [0.2, 0.25) is 5.89 Å². The molecule has 0 aromatic carbocycles. The van der Waals surface area contributed by atoms with Crippen LogP contribution in [-0.4, -0.2) is 10.1 Å². The van der Waals surface area contributed by atoms with Gasteiger partial charge in [-0.25, -0.2) is 0 Å². The van der Waals surface area contributed by atoms with Gasteiger partial charge in [-0.05, 0) is 6.42 Å². The number of nitrogens with zero attached hydrogens (tertiary/aromatic N) is 2. The van der Waals surface area contributed by atoms with E-state index in [1.165, 1.54) is 0 Å². The molecule has 1 aromatic heterocycles. The third kappa shape index (κ3) is 2.44. The summed E-state index contributed by atoms with van der Waals surface area (Å²) in [7, 11) is 0. The number of alkyl halides is 3. The topological polar surface area (TPSA) is 64.9 Å². The van der Waals surface area contributed by atoms with Gasteiger partial charge in [-0.3, -0.25) is 0 Å². The lowest BCUT2D eigenvalue weighted by molar-refractivity contribution is -0.146. The van der Waals surface area contributed by atoms with Crippen molar-refractivity contribution >= 4 is 0 Å². The molecule has 7 heteroatoms. The monoisotopic (exact) mass is 209 g/mol. The van der Waals surface area contributed by atoms with E-state index < -0.39 is 18.0 Å². The Bertz CT molecular complexity index is 297. The normalized spacial score (nSPS) is 14.4. The van der Waals surface area contributed by atoms with Crippen LogP contribution in [0.15, 0.2) is 4.52 Å². The molecule has 0 bridgehead atoms. The van der Waals surface area contributed by atoms with Crippen molar-refractivity contribution in [1.82, 2.24) is 10.1 Å². The number of hydrogen-bond acceptors (Lipinski definition) is 4. The van der Waals surface area contributed by atoms with E-state index in [-0.39, 0.29) is 5.89 Å². The van der Waals surface area contributed by atoms with E-state index in [0.29, 0.717) is 6.42 Å². The van der Waals surface area contributed by atoms with Gasteiger partial charge >= 0.3 is 6.18 Å². The predicted molar refractivity (Wildman–Crippen MR) is 41.1 cm³/mol. The minimum Gasteiger partial charge on any atom is -0.337 e. The van der Waals surface area contributed by atoms with E-state index in [2.05, 4.69) is 14.7 Å². The van der Waals surface area contributed by atoms with Crippen LogP contribution in [0.1, 0.15) is 37.5 Å². The molecular weight excluding hydrogens is 199 g/mol. The molecule has 0 unspecified atom stereocenters. The van der Waals surface area contributed by atoms with Crippen molar-refractivity contribution in [1.29, 1.82) is 0 Å². The number of halogens is 3. The second-order valence-corrected chi connectivity index (χ2v) is 2.85. The Kier molecular flexibility index (Phi) is 3.10. The van der Waals surface area contributed by atoms with Gasteiger partial charge in [0.15, 0.2) is 0 Å². The first-order chi connectivity index (χ1) is 6.45.